The van der Waals surface area contributed by atoms with Gasteiger partial charge in [0.2, 0.25) is 35.4 Å². The van der Waals surface area contributed by atoms with Crippen LogP contribution in [-0.4, -0.2) is 162 Å². The molecular formula is C58H83N11O9. The zero-order valence-electron chi connectivity index (χ0n) is 45.5. The molecular weight excluding hydrogens is 995 g/mol. The maximum absolute atomic E-state index is 14.4. The second-order valence-corrected chi connectivity index (χ2v) is 21.5. The molecule has 0 spiro atoms. The Morgan fingerprint density at radius 3 is 1.94 bits per heavy atom. The molecule has 0 radical (unpaired) electrons. The highest BCUT2D eigenvalue weighted by molar-refractivity contribution is 6.00. The molecule has 7 amide bonds. The van der Waals surface area contributed by atoms with Crippen LogP contribution in [0.2, 0.25) is 0 Å². The SMILES string of the molecule is CCCCCCCCc1ccc(N2CCN(c3ccc(C(=O)N[C@H]4CCCNC(=O)[C@@H]5C[C@H](N)CN5C(=O)[C@H](CCN)NC(=O)[C@H](CCc5ccc(O)cc5)NC(=O)[C@@H]5CCCN5C(=O)[C@H]([C@@H](C)O)NC4=O)cc3)CC2)cc1. The Balaban J connectivity index is 1.05. The van der Waals surface area contributed by atoms with Gasteiger partial charge < -0.3 is 67.9 Å². The number of rotatable bonds is 17. The van der Waals surface area contributed by atoms with Crippen molar-refractivity contribution in [2.45, 2.75) is 159 Å². The summed E-state index contributed by atoms with van der Waals surface area (Å²) >= 11 is 0. The van der Waals surface area contributed by atoms with Gasteiger partial charge in [0.1, 0.15) is 42.0 Å². The average Bonchev–Trinajstić information content (AvgIpc) is 4.11. The Hall–Kier alpha value is -6.77. The lowest BCUT2D eigenvalue weighted by molar-refractivity contribution is -0.144. The van der Waals surface area contributed by atoms with Gasteiger partial charge in [-0.2, -0.15) is 0 Å². The second-order valence-electron chi connectivity index (χ2n) is 21.5. The molecule has 4 fully saturated rings. The summed E-state index contributed by atoms with van der Waals surface area (Å²) in [5.41, 5.74) is 16.9. The maximum atomic E-state index is 14.4. The lowest BCUT2D eigenvalue weighted by atomic mass is 10.0. The van der Waals surface area contributed by atoms with E-state index in [9.17, 15) is 43.8 Å². The smallest absolute Gasteiger partial charge is 0.251 e. The quantitative estimate of drug-likeness (QED) is 0.0880. The fourth-order valence-corrected chi connectivity index (χ4v) is 11.1. The first-order chi connectivity index (χ1) is 37.6. The summed E-state index contributed by atoms with van der Waals surface area (Å²) in [5.74, 6) is -4.42. The van der Waals surface area contributed by atoms with Crippen LogP contribution < -0.4 is 47.9 Å². The molecule has 0 aliphatic carbocycles. The van der Waals surface area contributed by atoms with Crippen LogP contribution in [0.1, 0.15) is 119 Å². The van der Waals surface area contributed by atoms with E-state index in [1.165, 1.54) is 78.6 Å². The van der Waals surface area contributed by atoms with Gasteiger partial charge in [-0.05, 0) is 137 Å². The minimum absolute atomic E-state index is 0.000491. The lowest BCUT2D eigenvalue weighted by Crippen LogP contribution is -2.61. The predicted molar refractivity (Wildman–Crippen MR) is 298 cm³/mol. The number of benzene rings is 3. The molecule has 20 nitrogen and oxygen atoms in total. The van der Waals surface area contributed by atoms with Crippen molar-refractivity contribution in [3.05, 3.63) is 89.5 Å². The summed E-state index contributed by atoms with van der Waals surface area (Å²) in [6, 6.07) is 14.7. The van der Waals surface area contributed by atoms with Crippen molar-refractivity contribution in [2.24, 2.45) is 11.5 Å². The number of carbonyl (C=O) groups is 7. The number of piperazine rings is 1. The minimum Gasteiger partial charge on any atom is -0.508 e. The van der Waals surface area contributed by atoms with Crippen molar-refractivity contribution < 1.29 is 43.8 Å². The van der Waals surface area contributed by atoms with Crippen LogP contribution in [0.4, 0.5) is 11.4 Å². The molecule has 20 heteroatoms. The molecule has 0 bridgehead atoms. The van der Waals surface area contributed by atoms with E-state index < -0.39 is 89.7 Å². The van der Waals surface area contributed by atoms with Crippen molar-refractivity contribution in [2.75, 3.05) is 62.2 Å². The van der Waals surface area contributed by atoms with Crippen LogP contribution >= 0.6 is 0 Å². The summed E-state index contributed by atoms with van der Waals surface area (Å²) in [6.07, 6.45) is 8.63. The first kappa shape index (κ1) is 58.9. The monoisotopic (exact) mass is 1080 g/mol. The number of nitrogens with one attached hydrogen (secondary N) is 5. The Morgan fingerprint density at radius 1 is 0.667 bits per heavy atom. The number of nitrogens with zero attached hydrogens (tertiary/aromatic N) is 4. The first-order valence-electron chi connectivity index (χ1n) is 28.3. The van der Waals surface area contributed by atoms with Crippen LogP contribution in [0.3, 0.4) is 0 Å². The van der Waals surface area contributed by atoms with Gasteiger partial charge in [0.25, 0.3) is 5.91 Å². The molecule has 0 aromatic heterocycles. The van der Waals surface area contributed by atoms with Crippen molar-refractivity contribution >= 4 is 52.7 Å². The molecule has 0 saturated carbocycles. The van der Waals surface area contributed by atoms with Gasteiger partial charge in [0.15, 0.2) is 0 Å². The third kappa shape index (κ3) is 15.9. The zero-order chi connectivity index (χ0) is 55.7. The molecule has 4 heterocycles. The number of nitrogens with two attached hydrogens (primary N) is 2. The number of hydrogen-bond acceptors (Lipinski definition) is 13. The number of phenols is 1. The fourth-order valence-electron chi connectivity index (χ4n) is 11.1. The second kappa shape index (κ2) is 28.7. The summed E-state index contributed by atoms with van der Waals surface area (Å²) in [7, 11) is 0. The average molecular weight is 1080 g/mol. The van der Waals surface area contributed by atoms with Crippen molar-refractivity contribution in [3.63, 3.8) is 0 Å². The van der Waals surface area contributed by atoms with Gasteiger partial charge in [-0.1, -0.05) is 63.3 Å². The number of aliphatic hydroxyl groups is 1. The molecule has 78 heavy (non-hydrogen) atoms. The number of unbranched alkanes of at least 4 members (excludes halogenated alkanes) is 5. The number of fused-ring (bicyclic) bond motifs is 2. The van der Waals surface area contributed by atoms with E-state index in [1.54, 1.807) is 24.3 Å². The van der Waals surface area contributed by atoms with Crippen LogP contribution in [0, 0.1) is 0 Å². The Kier molecular flexibility index (Phi) is 21.7. The van der Waals surface area contributed by atoms with E-state index >= 15 is 0 Å². The molecule has 0 unspecified atom stereocenters. The van der Waals surface area contributed by atoms with Crippen LogP contribution in [-0.2, 0) is 41.6 Å². The number of hydrogen-bond donors (Lipinski definition) is 9. The summed E-state index contributed by atoms with van der Waals surface area (Å²) in [4.78, 5) is 107. The van der Waals surface area contributed by atoms with Gasteiger partial charge in [0, 0.05) is 68.8 Å². The molecule has 11 N–H and O–H groups in total. The standard InChI is InChI=1S/C58H83N11O9/c1-3-4-5-6-7-8-11-39-14-21-43(22-15-39)66-32-34-67(35-33-66)44-23-19-41(20-24-44)52(72)62-46-12-9-30-61-55(75)50-36-42(60)37-69(50)57(77)48(28-29-59)64-53(73)47(27-18-40-16-25-45(71)26-17-40)63-56(76)49-13-10-31-68(49)58(78)51(38(2)70)65-54(46)74/h14-17,19-26,38,42,46-51,70-71H,3-13,18,27-37,59-60H2,1-2H3,(H,61,75)(H,62,72)(H,63,76)(H,64,73)(H,65,74)/t38-,42+,46+,47+,48+,49+,50+,51+/m1/s1. The maximum Gasteiger partial charge on any atom is 0.251 e. The van der Waals surface area contributed by atoms with Gasteiger partial charge in [-0.3, -0.25) is 33.6 Å². The van der Waals surface area contributed by atoms with Crippen molar-refractivity contribution in [1.82, 2.24) is 36.4 Å². The van der Waals surface area contributed by atoms with Gasteiger partial charge >= 0.3 is 0 Å². The molecule has 4 aliphatic heterocycles. The number of aryl methyl sites for hydroxylation is 2. The van der Waals surface area contributed by atoms with E-state index in [2.05, 4.69) is 67.6 Å². The molecule has 4 aliphatic rings. The Morgan fingerprint density at radius 2 is 1.28 bits per heavy atom. The van der Waals surface area contributed by atoms with Gasteiger partial charge in [-0.25, -0.2) is 0 Å². The van der Waals surface area contributed by atoms with Crippen LogP contribution in [0.25, 0.3) is 0 Å². The Labute approximate surface area is 458 Å². The molecule has 424 valence electrons. The minimum atomic E-state index is -1.53. The van der Waals surface area contributed by atoms with Crippen LogP contribution in [0.5, 0.6) is 5.75 Å². The summed E-state index contributed by atoms with van der Waals surface area (Å²) in [5, 5.41) is 34.9. The molecule has 3 aromatic rings. The van der Waals surface area contributed by atoms with E-state index in [4.69, 9.17) is 11.5 Å². The topological polar surface area (TPSA) is 285 Å². The largest absolute Gasteiger partial charge is 0.508 e. The number of phenolic OH excluding ortho intramolecular Hbond substituents is 1. The van der Waals surface area contributed by atoms with Crippen molar-refractivity contribution in [3.8, 4) is 5.75 Å². The third-order valence-electron chi connectivity index (χ3n) is 15.7. The number of amides is 7. The molecule has 4 saturated heterocycles. The highest BCUT2D eigenvalue weighted by Gasteiger charge is 2.43. The zero-order valence-corrected chi connectivity index (χ0v) is 45.5. The number of aromatic hydroxyl groups is 1. The van der Waals surface area contributed by atoms with E-state index in [0.29, 0.717) is 12.0 Å². The van der Waals surface area contributed by atoms with Gasteiger partial charge in [-0.15, -0.1) is 0 Å². The normalized spacial score (nSPS) is 24.6. The highest BCUT2D eigenvalue weighted by atomic mass is 16.3. The number of aliphatic hydroxyl groups excluding tert-OH is 1. The lowest BCUT2D eigenvalue weighted by Gasteiger charge is -2.37. The summed E-state index contributed by atoms with van der Waals surface area (Å²) < 4.78 is 0. The Bertz CT molecular complexity index is 2490. The summed E-state index contributed by atoms with van der Waals surface area (Å²) in [6.45, 7) is 7.00. The fraction of sp³-hybridized carbons (Fsp3) is 0.569. The van der Waals surface area contributed by atoms with E-state index in [0.717, 1.165) is 43.9 Å². The highest BCUT2D eigenvalue weighted by Crippen LogP contribution is 2.25. The third-order valence-corrected chi connectivity index (χ3v) is 15.7. The molecule has 7 rings (SSSR count). The van der Waals surface area contributed by atoms with E-state index in [1.807, 2.05) is 12.1 Å². The van der Waals surface area contributed by atoms with Crippen LogP contribution in [0.15, 0.2) is 72.8 Å². The molecule has 8 atom stereocenters. The predicted octanol–water partition coefficient (Wildman–Crippen LogP) is 2.37. The number of anilines is 2. The van der Waals surface area contributed by atoms with Crippen molar-refractivity contribution in [1.29, 1.82) is 0 Å². The molecule has 3 aromatic carbocycles. The number of carbonyl (C=O) groups excluding carboxylic acids is 7. The first-order valence-corrected chi connectivity index (χ1v) is 28.3. The van der Waals surface area contributed by atoms with E-state index in [-0.39, 0.29) is 76.9 Å². The van der Waals surface area contributed by atoms with Gasteiger partial charge in [0.05, 0.1) is 6.10 Å².